The Labute approximate surface area is 103 Å². The normalized spacial score (nSPS) is 19.4. The maximum Gasteiger partial charge on any atom is 0.243 e. The predicted molar refractivity (Wildman–Crippen MR) is 70.4 cm³/mol. The highest BCUT2D eigenvalue weighted by atomic mass is 16.2. The van der Waals surface area contributed by atoms with Crippen LogP contribution in [-0.4, -0.2) is 25.5 Å². The fourth-order valence-corrected chi connectivity index (χ4v) is 2.35. The van der Waals surface area contributed by atoms with Gasteiger partial charge in [-0.1, -0.05) is 12.1 Å². The molecule has 0 bridgehead atoms. The molecule has 0 saturated carbocycles. The van der Waals surface area contributed by atoms with Crippen molar-refractivity contribution in [3.63, 3.8) is 0 Å². The van der Waals surface area contributed by atoms with E-state index in [2.05, 4.69) is 25.2 Å². The zero-order chi connectivity index (χ0) is 12.4. The van der Waals surface area contributed by atoms with Gasteiger partial charge in [0.25, 0.3) is 0 Å². The van der Waals surface area contributed by atoms with Crippen LogP contribution >= 0.6 is 0 Å². The van der Waals surface area contributed by atoms with E-state index in [4.69, 9.17) is 0 Å². The summed E-state index contributed by atoms with van der Waals surface area (Å²) in [6.45, 7) is 5.10. The van der Waals surface area contributed by atoms with Crippen molar-refractivity contribution in [2.45, 2.75) is 32.7 Å². The third-order valence-corrected chi connectivity index (χ3v) is 3.63. The van der Waals surface area contributed by atoms with E-state index in [1.54, 1.807) is 4.90 Å². The third kappa shape index (κ3) is 2.34. The summed E-state index contributed by atoms with van der Waals surface area (Å²) in [5.74, 6) is 0.177. The molecule has 1 heterocycles. The second-order valence-electron chi connectivity index (χ2n) is 4.77. The van der Waals surface area contributed by atoms with Gasteiger partial charge in [0, 0.05) is 12.7 Å². The minimum Gasteiger partial charge on any atom is -0.314 e. The molecule has 1 aliphatic rings. The molecule has 0 aliphatic carbocycles. The van der Waals surface area contributed by atoms with Crippen LogP contribution in [0.25, 0.3) is 0 Å². The molecule has 1 aromatic carbocycles. The van der Waals surface area contributed by atoms with E-state index < -0.39 is 0 Å². The topological polar surface area (TPSA) is 32.3 Å². The molecule has 3 nitrogen and oxygen atoms in total. The van der Waals surface area contributed by atoms with Gasteiger partial charge >= 0.3 is 0 Å². The number of carbonyl (C=O) groups excluding carboxylic acids is 1. The first-order valence-electron chi connectivity index (χ1n) is 6.18. The Morgan fingerprint density at radius 1 is 1.41 bits per heavy atom. The first-order valence-corrected chi connectivity index (χ1v) is 6.18. The Balaban J connectivity index is 2.21. The summed E-state index contributed by atoms with van der Waals surface area (Å²) < 4.78 is 0. The smallest absolute Gasteiger partial charge is 0.243 e. The second kappa shape index (κ2) is 4.88. The maximum absolute atomic E-state index is 12.3. The van der Waals surface area contributed by atoms with E-state index >= 15 is 0 Å². The quantitative estimate of drug-likeness (QED) is 0.846. The van der Waals surface area contributed by atoms with E-state index in [9.17, 15) is 4.79 Å². The van der Waals surface area contributed by atoms with Crippen LogP contribution in [0.1, 0.15) is 24.0 Å². The van der Waals surface area contributed by atoms with Crippen molar-refractivity contribution in [1.82, 2.24) is 5.32 Å². The molecular weight excluding hydrogens is 212 g/mol. The molecule has 2 rings (SSSR count). The van der Waals surface area contributed by atoms with Gasteiger partial charge in [-0.15, -0.1) is 0 Å². The number of amides is 1. The number of aryl methyl sites for hydroxylation is 1. The summed E-state index contributed by atoms with van der Waals surface area (Å²) in [6, 6.07) is 6.09. The molecule has 1 aromatic rings. The fourth-order valence-electron chi connectivity index (χ4n) is 2.35. The molecule has 3 heteroatoms. The van der Waals surface area contributed by atoms with Crippen molar-refractivity contribution in [3.05, 3.63) is 29.3 Å². The van der Waals surface area contributed by atoms with Crippen molar-refractivity contribution >= 4 is 11.6 Å². The number of nitrogens with one attached hydrogen (secondary N) is 1. The first-order chi connectivity index (χ1) is 8.11. The monoisotopic (exact) mass is 232 g/mol. The summed E-state index contributed by atoms with van der Waals surface area (Å²) >= 11 is 0. The summed E-state index contributed by atoms with van der Waals surface area (Å²) in [5.41, 5.74) is 3.42. The zero-order valence-corrected chi connectivity index (χ0v) is 10.8. The van der Waals surface area contributed by atoms with Crippen LogP contribution in [0.5, 0.6) is 0 Å². The summed E-state index contributed by atoms with van der Waals surface area (Å²) in [7, 11) is 1.87. The van der Waals surface area contributed by atoms with Crippen LogP contribution in [0.4, 0.5) is 5.69 Å². The van der Waals surface area contributed by atoms with Crippen molar-refractivity contribution in [1.29, 1.82) is 0 Å². The van der Waals surface area contributed by atoms with Crippen LogP contribution < -0.4 is 10.2 Å². The highest BCUT2D eigenvalue weighted by Gasteiger charge is 2.26. The molecule has 0 unspecified atom stereocenters. The van der Waals surface area contributed by atoms with E-state index in [0.29, 0.717) is 0 Å². The van der Waals surface area contributed by atoms with E-state index in [1.807, 2.05) is 19.2 Å². The van der Waals surface area contributed by atoms with Crippen LogP contribution in [0.2, 0.25) is 0 Å². The lowest BCUT2D eigenvalue weighted by Gasteiger charge is -2.23. The highest BCUT2D eigenvalue weighted by Crippen LogP contribution is 2.23. The fraction of sp³-hybridized carbons (Fsp3) is 0.500. The van der Waals surface area contributed by atoms with Gasteiger partial charge in [-0.05, 0) is 50.4 Å². The Morgan fingerprint density at radius 3 is 2.82 bits per heavy atom. The second-order valence-corrected chi connectivity index (χ2v) is 4.77. The van der Waals surface area contributed by atoms with Gasteiger partial charge in [-0.25, -0.2) is 0 Å². The lowest BCUT2D eigenvalue weighted by molar-refractivity contribution is -0.119. The molecule has 0 radical (unpaired) electrons. The van der Waals surface area contributed by atoms with Crippen LogP contribution in [0, 0.1) is 13.8 Å². The highest BCUT2D eigenvalue weighted by molar-refractivity contribution is 5.97. The number of rotatable bonds is 2. The summed E-state index contributed by atoms with van der Waals surface area (Å²) in [5, 5.41) is 3.25. The van der Waals surface area contributed by atoms with Gasteiger partial charge < -0.3 is 10.2 Å². The number of hydrogen-bond acceptors (Lipinski definition) is 2. The number of carbonyl (C=O) groups is 1. The lowest BCUT2D eigenvalue weighted by atomic mass is 10.1. The predicted octanol–water partition coefficient (Wildman–Crippen LogP) is 2.02. The Hall–Kier alpha value is -1.35. The number of likely N-dealkylation sites (N-methyl/N-ethyl adjacent to an activating group) is 1. The Morgan fingerprint density at radius 2 is 2.18 bits per heavy atom. The molecule has 1 N–H and O–H groups in total. The molecule has 1 fully saturated rings. The van der Waals surface area contributed by atoms with Crippen molar-refractivity contribution in [3.8, 4) is 0 Å². The van der Waals surface area contributed by atoms with Crippen molar-refractivity contribution < 1.29 is 4.79 Å². The average Bonchev–Trinajstić information content (AvgIpc) is 2.84. The minimum atomic E-state index is -0.0000813. The molecule has 1 aliphatic heterocycles. The number of hydrogen-bond donors (Lipinski definition) is 1. The standard InChI is InChI=1S/C14H20N2O/c1-10-6-4-8-13(11(10)2)16(3)14(17)12-7-5-9-15-12/h4,6,8,12,15H,5,7,9H2,1-3H3/t12-/m0/s1. The first kappa shape index (κ1) is 12.1. The SMILES string of the molecule is Cc1cccc(N(C)C(=O)[C@@H]2CCCN2)c1C. The zero-order valence-electron chi connectivity index (χ0n) is 10.8. The average molecular weight is 232 g/mol. The van der Waals surface area contributed by atoms with Crippen LogP contribution in [-0.2, 0) is 4.79 Å². The molecule has 1 amide bonds. The van der Waals surface area contributed by atoms with E-state index in [0.717, 1.165) is 25.1 Å². The van der Waals surface area contributed by atoms with Crippen molar-refractivity contribution in [2.24, 2.45) is 0 Å². The number of nitrogens with zero attached hydrogens (tertiary/aromatic N) is 1. The maximum atomic E-state index is 12.3. The molecule has 1 saturated heterocycles. The van der Waals surface area contributed by atoms with Gasteiger partial charge in [0.05, 0.1) is 6.04 Å². The molecule has 17 heavy (non-hydrogen) atoms. The van der Waals surface area contributed by atoms with Gasteiger partial charge in [0.15, 0.2) is 0 Å². The molecule has 0 aromatic heterocycles. The van der Waals surface area contributed by atoms with Gasteiger partial charge in [-0.3, -0.25) is 4.79 Å². The largest absolute Gasteiger partial charge is 0.314 e. The van der Waals surface area contributed by atoms with E-state index in [-0.39, 0.29) is 11.9 Å². The third-order valence-electron chi connectivity index (χ3n) is 3.63. The Bertz CT molecular complexity index is 422. The van der Waals surface area contributed by atoms with Gasteiger partial charge in [0.2, 0.25) is 5.91 Å². The summed E-state index contributed by atoms with van der Waals surface area (Å²) in [4.78, 5) is 14.1. The number of benzene rings is 1. The number of anilines is 1. The van der Waals surface area contributed by atoms with Gasteiger partial charge in [-0.2, -0.15) is 0 Å². The van der Waals surface area contributed by atoms with Gasteiger partial charge in [0.1, 0.15) is 0 Å². The molecule has 92 valence electrons. The van der Waals surface area contributed by atoms with Crippen molar-refractivity contribution in [2.75, 3.05) is 18.5 Å². The lowest BCUT2D eigenvalue weighted by Crippen LogP contribution is -2.42. The van der Waals surface area contributed by atoms with E-state index in [1.165, 1.54) is 11.1 Å². The minimum absolute atomic E-state index is 0.0000813. The van der Waals surface area contributed by atoms with Crippen LogP contribution in [0.3, 0.4) is 0 Å². The molecule has 0 spiro atoms. The Kier molecular flexibility index (Phi) is 3.48. The molecular formula is C14H20N2O. The van der Waals surface area contributed by atoms with Crippen LogP contribution in [0.15, 0.2) is 18.2 Å². The molecule has 1 atom stereocenters. The summed E-state index contributed by atoms with van der Waals surface area (Å²) in [6.07, 6.45) is 2.05.